The Morgan fingerprint density at radius 2 is 2.00 bits per heavy atom. The van der Waals surface area contributed by atoms with Crippen LogP contribution in [-0.2, 0) is 14.8 Å². The number of hydrogen-bond acceptors (Lipinski definition) is 4. The Morgan fingerprint density at radius 3 is 2.48 bits per heavy atom. The summed E-state index contributed by atoms with van der Waals surface area (Å²) in [4.78, 5) is 10.4. The van der Waals surface area contributed by atoms with Crippen LogP contribution in [0.5, 0.6) is 0 Å². The molecule has 1 rings (SSSR count). The Kier molecular flexibility index (Phi) is 5.54. The first kappa shape index (κ1) is 17.7. The van der Waals surface area contributed by atoms with Crippen molar-refractivity contribution in [3.05, 3.63) is 23.0 Å². The summed E-state index contributed by atoms with van der Waals surface area (Å²) in [5.74, 6) is -2.03. The van der Waals surface area contributed by atoms with Crippen molar-refractivity contribution >= 4 is 33.2 Å². The molecule has 9 heteroatoms. The van der Waals surface area contributed by atoms with Crippen molar-refractivity contribution in [2.24, 2.45) is 11.7 Å². The Morgan fingerprint density at radius 1 is 1.43 bits per heavy atom. The first-order valence-corrected chi connectivity index (χ1v) is 7.90. The first-order valence-electron chi connectivity index (χ1n) is 6.08. The maximum atomic E-state index is 14.0. The molecule has 4 N–H and O–H groups in total. The average Bonchev–Trinajstić information content (AvgIpc) is 2.31. The lowest BCUT2D eigenvalue weighted by atomic mass is 10.2. The lowest BCUT2D eigenvalue weighted by Gasteiger charge is -2.23. The zero-order valence-corrected chi connectivity index (χ0v) is 13.2. The molecule has 0 radical (unpaired) electrons. The number of carbonyl (C=O) groups excluding carboxylic acids is 1. The van der Waals surface area contributed by atoms with Gasteiger partial charge in [0, 0.05) is 12.2 Å². The van der Waals surface area contributed by atoms with E-state index in [-0.39, 0.29) is 18.2 Å². The second-order valence-corrected chi connectivity index (χ2v) is 7.29. The van der Waals surface area contributed by atoms with Gasteiger partial charge in [-0.2, -0.15) is 4.31 Å². The minimum atomic E-state index is -4.27. The summed E-state index contributed by atoms with van der Waals surface area (Å²) in [5.41, 5.74) is 10.6. The van der Waals surface area contributed by atoms with Gasteiger partial charge in [-0.25, -0.2) is 12.8 Å². The van der Waals surface area contributed by atoms with Gasteiger partial charge in [0.05, 0.1) is 11.6 Å². The number of sulfonamides is 1. The zero-order chi connectivity index (χ0) is 16.4. The van der Waals surface area contributed by atoms with Gasteiger partial charge in [-0.05, 0) is 18.1 Å². The molecule has 0 saturated heterocycles. The molecule has 0 aliphatic carbocycles. The smallest absolute Gasteiger partial charge is 0.246 e. The molecule has 1 aromatic rings. The molecule has 0 aliphatic heterocycles. The number of rotatable bonds is 6. The Hall–Kier alpha value is -1.38. The Balaban J connectivity index is 3.38. The van der Waals surface area contributed by atoms with E-state index >= 15 is 0 Å². The third-order valence-corrected chi connectivity index (χ3v) is 4.62. The van der Waals surface area contributed by atoms with Gasteiger partial charge in [0.1, 0.15) is 4.90 Å². The molecule has 0 bridgehead atoms. The highest BCUT2D eigenvalue weighted by Crippen LogP contribution is 2.28. The van der Waals surface area contributed by atoms with Gasteiger partial charge in [-0.1, -0.05) is 25.4 Å². The molecule has 1 amide bonds. The van der Waals surface area contributed by atoms with Crippen LogP contribution in [0, 0.1) is 11.7 Å². The summed E-state index contributed by atoms with van der Waals surface area (Å²) in [6, 6.07) is 2.07. The number of nitrogen functional groups attached to an aromatic ring is 1. The van der Waals surface area contributed by atoms with Gasteiger partial charge in [0.2, 0.25) is 15.9 Å². The summed E-state index contributed by atoms with van der Waals surface area (Å²) < 4.78 is 39.8. The maximum Gasteiger partial charge on any atom is 0.246 e. The maximum absolute atomic E-state index is 14.0. The van der Waals surface area contributed by atoms with Crippen molar-refractivity contribution in [2.75, 3.05) is 18.8 Å². The van der Waals surface area contributed by atoms with Crippen LogP contribution < -0.4 is 11.5 Å². The highest BCUT2D eigenvalue weighted by Gasteiger charge is 2.30. The second kappa shape index (κ2) is 6.59. The van der Waals surface area contributed by atoms with Crippen molar-refractivity contribution in [3.8, 4) is 0 Å². The van der Waals surface area contributed by atoms with Gasteiger partial charge >= 0.3 is 0 Å². The molecule has 21 heavy (non-hydrogen) atoms. The predicted octanol–water partition coefficient (Wildman–Crippen LogP) is 1.19. The third kappa shape index (κ3) is 4.29. The third-order valence-electron chi connectivity index (χ3n) is 2.54. The fraction of sp³-hybridized carbons (Fsp3) is 0.417. The topological polar surface area (TPSA) is 106 Å². The summed E-state index contributed by atoms with van der Waals surface area (Å²) in [6.07, 6.45) is 0. The van der Waals surface area contributed by atoms with Crippen LogP contribution in [0.1, 0.15) is 13.8 Å². The Labute approximate surface area is 127 Å². The standard InChI is InChI=1S/C12H17ClFN3O3S/c1-7(2)5-17(6-11(16)18)21(19,20)10-4-8(15)3-9(13)12(10)14/h3-4,7H,5-6,15H2,1-2H3,(H2,16,18). The number of anilines is 1. The predicted molar refractivity (Wildman–Crippen MR) is 78.6 cm³/mol. The monoisotopic (exact) mass is 337 g/mol. The van der Waals surface area contributed by atoms with Crippen molar-refractivity contribution in [1.82, 2.24) is 4.31 Å². The number of primary amides is 1. The molecule has 0 fully saturated rings. The Bertz CT molecular complexity index is 649. The largest absolute Gasteiger partial charge is 0.399 e. The van der Waals surface area contributed by atoms with E-state index in [1.165, 1.54) is 0 Å². The molecular weight excluding hydrogens is 321 g/mol. The van der Waals surface area contributed by atoms with E-state index in [9.17, 15) is 17.6 Å². The first-order chi connectivity index (χ1) is 9.55. The molecule has 0 spiro atoms. The van der Waals surface area contributed by atoms with Crippen molar-refractivity contribution < 1.29 is 17.6 Å². The van der Waals surface area contributed by atoms with E-state index in [0.717, 1.165) is 16.4 Å². The van der Waals surface area contributed by atoms with Crippen LogP contribution in [-0.4, -0.2) is 31.7 Å². The number of benzene rings is 1. The van der Waals surface area contributed by atoms with Gasteiger partial charge in [-0.3, -0.25) is 4.79 Å². The van der Waals surface area contributed by atoms with E-state index in [0.29, 0.717) is 0 Å². The normalized spacial score (nSPS) is 12.1. The average molecular weight is 338 g/mol. The minimum absolute atomic E-state index is 0.00328. The number of halogens is 2. The van der Waals surface area contributed by atoms with E-state index in [1.807, 2.05) is 0 Å². The number of hydrogen-bond donors (Lipinski definition) is 2. The van der Waals surface area contributed by atoms with Crippen LogP contribution in [0.4, 0.5) is 10.1 Å². The molecule has 0 aliphatic rings. The van der Waals surface area contributed by atoms with Crippen LogP contribution in [0.2, 0.25) is 5.02 Å². The molecular formula is C12H17ClFN3O3S. The number of nitrogens with zero attached hydrogens (tertiary/aromatic N) is 1. The van der Waals surface area contributed by atoms with Gasteiger partial charge in [-0.15, -0.1) is 0 Å². The van der Waals surface area contributed by atoms with Crippen molar-refractivity contribution in [1.29, 1.82) is 0 Å². The molecule has 0 unspecified atom stereocenters. The molecule has 0 aromatic heterocycles. The summed E-state index contributed by atoms with van der Waals surface area (Å²) in [6.45, 7) is 2.97. The van der Waals surface area contributed by atoms with E-state index in [4.69, 9.17) is 23.1 Å². The molecule has 118 valence electrons. The fourth-order valence-electron chi connectivity index (χ4n) is 1.74. The molecule has 0 heterocycles. The van der Waals surface area contributed by atoms with E-state index in [2.05, 4.69) is 0 Å². The van der Waals surface area contributed by atoms with Crippen LogP contribution in [0.25, 0.3) is 0 Å². The van der Waals surface area contributed by atoms with Crippen molar-refractivity contribution in [2.45, 2.75) is 18.7 Å². The minimum Gasteiger partial charge on any atom is -0.399 e. The number of carbonyl (C=O) groups is 1. The lowest BCUT2D eigenvalue weighted by Crippen LogP contribution is -2.40. The van der Waals surface area contributed by atoms with Crippen LogP contribution >= 0.6 is 11.6 Å². The highest BCUT2D eigenvalue weighted by atomic mass is 35.5. The molecule has 0 atom stereocenters. The van der Waals surface area contributed by atoms with Gasteiger partial charge in [0.25, 0.3) is 0 Å². The number of nitrogens with two attached hydrogens (primary N) is 2. The SMILES string of the molecule is CC(C)CN(CC(N)=O)S(=O)(=O)c1cc(N)cc(Cl)c1F. The van der Waals surface area contributed by atoms with Crippen LogP contribution in [0.3, 0.4) is 0 Å². The summed E-state index contributed by atoms with van der Waals surface area (Å²) in [7, 11) is -4.27. The molecule has 1 aromatic carbocycles. The molecule has 6 nitrogen and oxygen atoms in total. The van der Waals surface area contributed by atoms with Gasteiger partial charge < -0.3 is 11.5 Å². The number of amides is 1. The van der Waals surface area contributed by atoms with Crippen molar-refractivity contribution in [3.63, 3.8) is 0 Å². The van der Waals surface area contributed by atoms with E-state index in [1.54, 1.807) is 13.8 Å². The zero-order valence-electron chi connectivity index (χ0n) is 11.6. The summed E-state index contributed by atoms with van der Waals surface area (Å²) >= 11 is 5.61. The van der Waals surface area contributed by atoms with Crippen LogP contribution in [0.15, 0.2) is 17.0 Å². The fourth-order valence-corrected chi connectivity index (χ4v) is 3.71. The summed E-state index contributed by atoms with van der Waals surface area (Å²) in [5, 5.41) is -0.405. The van der Waals surface area contributed by atoms with Gasteiger partial charge in [0.15, 0.2) is 5.82 Å². The quantitative estimate of drug-likeness (QED) is 0.760. The molecule has 0 saturated carbocycles. The second-order valence-electron chi connectivity index (χ2n) is 4.97. The van der Waals surface area contributed by atoms with E-state index < -0.39 is 38.2 Å². The lowest BCUT2D eigenvalue weighted by molar-refractivity contribution is -0.118. The highest BCUT2D eigenvalue weighted by molar-refractivity contribution is 7.89.